The molecule has 0 unspecified atom stereocenters. The minimum Gasteiger partial charge on any atom is -0.476 e. The molecule has 26 heavy (non-hydrogen) atoms. The van der Waals surface area contributed by atoms with Gasteiger partial charge in [-0.2, -0.15) is 0 Å². The van der Waals surface area contributed by atoms with Gasteiger partial charge in [-0.1, -0.05) is 29.2 Å². The molecule has 10 heteroatoms. The topological polar surface area (TPSA) is 94.8 Å². The van der Waals surface area contributed by atoms with Crippen LogP contribution in [-0.2, 0) is 12.3 Å². The Balaban J connectivity index is 1.63. The summed E-state index contributed by atoms with van der Waals surface area (Å²) in [7, 11) is 0. The first-order valence-electron chi connectivity index (χ1n) is 8.07. The van der Waals surface area contributed by atoms with Crippen LogP contribution in [0.1, 0.15) is 29.9 Å². The molecule has 0 bridgehead atoms. The van der Waals surface area contributed by atoms with Crippen LogP contribution in [0.25, 0.3) is 0 Å². The second-order valence-corrected chi connectivity index (χ2v) is 7.27. The van der Waals surface area contributed by atoms with Crippen LogP contribution < -0.4 is 10.1 Å². The fraction of sp³-hybridized carbons (Fsp3) is 0.312. The summed E-state index contributed by atoms with van der Waals surface area (Å²) in [5.74, 6) is 0.702. The molecule has 0 spiro atoms. The SMILES string of the molecule is CCOc1nn(CC)cc1C(=O)Nc1nnc(SCc2ccccn2)s1. The van der Waals surface area contributed by atoms with Crippen LogP contribution in [0.5, 0.6) is 5.88 Å². The Morgan fingerprint density at radius 3 is 2.96 bits per heavy atom. The number of hydrogen-bond acceptors (Lipinski definition) is 8. The van der Waals surface area contributed by atoms with E-state index in [-0.39, 0.29) is 5.91 Å². The molecule has 3 rings (SSSR count). The second kappa shape index (κ2) is 8.77. The van der Waals surface area contributed by atoms with Crippen LogP contribution in [0.15, 0.2) is 34.9 Å². The maximum atomic E-state index is 12.5. The quantitative estimate of drug-likeness (QED) is 0.466. The van der Waals surface area contributed by atoms with Crippen molar-refractivity contribution in [3.05, 3.63) is 41.9 Å². The lowest BCUT2D eigenvalue weighted by molar-refractivity contribution is 0.102. The summed E-state index contributed by atoms with van der Waals surface area (Å²) in [6.45, 7) is 4.89. The van der Waals surface area contributed by atoms with Crippen molar-refractivity contribution < 1.29 is 9.53 Å². The maximum absolute atomic E-state index is 12.5. The van der Waals surface area contributed by atoms with Crippen LogP contribution in [-0.4, -0.2) is 37.5 Å². The van der Waals surface area contributed by atoms with Crippen LogP contribution in [0.4, 0.5) is 5.13 Å². The molecule has 0 fully saturated rings. The molecular weight excluding hydrogens is 372 g/mol. The number of nitrogens with one attached hydrogen (secondary N) is 1. The van der Waals surface area contributed by atoms with Crippen LogP contribution >= 0.6 is 23.1 Å². The minimum atomic E-state index is -0.314. The summed E-state index contributed by atoms with van der Waals surface area (Å²) in [5, 5.41) is 15.6. The molecule has 0 atom stereocenters. The number of hydrogen-bond donors (Lipinski definition) is 1. The van der Waals surface area contributed by atoms with E-state index in [0.29, 0.717) is 35.5 Å². The van der Waals surface area contributed by atoms with Gasteiger partial charge in [-0.15, -0.1) is 15.3 Å². The lowest BCUT2D eigenvalue weighted by Gasteiger charge is -2.02. The van der Waals surface area contributed by atoms with Crippen molar-refractivity contribution in [1.82, 2.24) is 25.0 Å². The van der Waals surface area contributed by atoms with Gasteiger partial charge in [-0.3, -0.25) is 19.8 Å². The van der Waals surface area contributed by atoms with Gasteiger partial charge < -0.3 is 4.74 Å². The molecule has 0 radical (unpaired) electrons. The highest BCUT2D eigenvalue weighted by Crippen LogP contribution is 2.28. The van der Waals surface area contributed by atoms with Gasteiger partial charge >= 0.3 is 0 Å². The first-order valence-corrected chi connectivity index (χ1v) is 9.87. The van der Waals surface area contributed by atoms with Crippen molar-refractivity contribution in [1.29, 1.82) is 0 Å². The van der Waals surface area contributed by atoms with E-state index in [0.717, 1.165) is 10.0 Å². The Morgan fingerprint density at radius 1 is 1.35 bits per heavy atom. The average molecular weight is 390 g/mol. The molecule has 3 aromatic heterocycles. The van der Waals surface area contributed by atoms with Crippen LogP contribution in [0, 0.1) is 0 Å². The Morgan fingerprint density at radius 2 is 2.23 bits per heavy atom. The molecule has 3 aromatic rings. The number of carbonyl (C=O) groups excluding carboxylic acids is 1. The Hall–Kier alpha value is -2.46. The zero-order chi connectivity index (χ0) is 18.4. The molecule has 0 saturated heterocycles. The van der Waals surface area contributed by atoms with Crippen molar-refractivity contribution in [3.63, 3.8) is 0 Å². The number of rotatable bonds is 8. The Labute approximate surface area is 159 Å². The number of anilines is 1. The fourth-order valence-corrected chi connectivity index (χ4v) is 3.73. The van der Waals surface area contributed by atoms with E-state index in [1.165, 1.54) is 23.1 Å². The van der Waals surface area contributed by atoms with Crippen LogP contribution in [0.2, 0.25) is 0 Å². The standard InChI is InChI=1S/C16H18N6O2S2/c1-3-22-9-12(14(21-22)24-4-2)13(23)18-15-19-20-16(26-15)25-10-11-7-5-6-8-17-11/h5-9H,3-4,10H2,1-2H3,(H,18,19,23). The summed E-state index contributed by atoms with van der Waals surface area (Å²) >= 11 is 2.85. The van der Waals surface area contributed by atoms with Gasteiger partial charge in [0.2, 0.25) is 11.0 Å². The summed E-state index contributed by atoms with van der Waals surface area (Å²) in [4.78, 5) is 16.8. The van der Waals surface area contributed by atoms with Gasteiger partial charge in [0.1, 0.15) is 5.56 Å². The van der Waals surface area contributed by atoms with Gasteiger partial charge in [0.15, 0.2) is 4.34 Å². The van der Waals surface area contributed by atoms with Gasteiger partial charge in [0, 0.05) is 24.7 Å². The van der Waals surface area contributed by atoms with Crippen molar-refractivity contribution in [2.75, 3.05) is 11.9 Å². The van der Waals surface area contributed by atoms with E-state index in [4.69, 9.17) is 4.74 Å². The van der Waals surface area contributed by atoms with Crippen LogP contribution in [0.3, 0.4) is 0 Å². The van der Waals surface area contributed by atoms with Gasteiger partial charge in [0.25, 0.3) is 5.91 Å². The summed E-state index contributed by atoms with van der Waals surface area (Å²) < 4.78 is 7.86. The number of ether oxygens (including phenoxy) is 1. The number of thioether (sulfide) groups is 1. The van der Waals surface area contributed by atoms with E-state index in [1.54, 1.807) is 17.1 Å². The third kappa shape index (κ3) is 4.58. The molecule has 0 aromatic carbocycles. The predicted molar refractivity (Wildman–Crippen MR) is 101 cm³/mol. The van der Waals surface area contributed by atoms with Crippen molar-refractivity contribution >= 4 is 34.1 Å². The highest BCUT2D eigenvalue weighted by Gasteiger charge is 2.19. The normalized spacial score (nSPS) is 10.7. The molecular formula is C16H18N6O2S2. The van der Waals surface area contributed by atoms with Crippen molar-refractivity contribution in [2.24, 2.45) is 0 Å². The number of carbonyl (C=O) groups is 1. The van der Waals surface area contributed by atoms with E-state index in [9.17, 15) is 4.79 Å². The molecule has 3 heterocycles. The van der Waals surface area contributed by atoms with Crippen molar-refractivity contribution in [3.8, 4) is 5.88 Å². The molecule has 0 aliphatic rings. The highest BCUT2D eigenvalue weighted by molar-refractivity contribution is 8.00. The van der Waals surface area contributed by atoms with E-state index in [1.807, 2.05) is 32.0 Å². The third-order valence-corrected chi connectivity index (χ3v) is 5.28. The maximum Gasteiger partial charge on any atom is 0.264 e. The lowest BCUT2D eigenvalue weighted by atomic mass is 10.3. The zero-order valence-corrected chi connectivity index (χ0v) is 16.0. The molecule has 1 amide bonds. The number of pyridine rings is 1. The molecule has 136 valence electrons. The van der Waals surface area contributed by atoms with Gasteiger partial charge in [-0.05, 0) is 26.0 Å². The molecule has 8 nitrogen and oxygen atoms in total. The number of aromatic nitrogens is 5. The lowest BCUT2D eigenvalue weighted by Crippen LogP contribution is -2.12. The smallest absolute Gasteiger partial charge is 0.264 e. The largest absolute Gasteiger partial charge is 0.476 e. The molecule has 0 aliphatic heterocycles. The first-order chi connectivity index (χ1) is 12.7. The molecule has 1 N–H and O–H groups in total. The van der Waals surface area contributed by atoms with Gasteiger partial charge in [0.05, 0.1) is 12.3 Å². The van der Waals surface area contributed by atoms with Gasteiger partial charge in [-0.25, -0.2) is 0 Å². The predicted octanol–water partition coefficient (Wildman–Crippen LogP) is 3.09. The fourth-order valence-electron chi connectivity index (χ4n) is 2.07. The highest BCUT2D eigenvalue weighted by atomic mass is 32.2. The minimum absolute atomic E-state index is 0.314. The summed E-state index contributed by atoms with van der Waals surface area (Å²) in [5.41, 5.74) is 1.35. The Kier molecular flexibility index (Phi) is 6.18. The molecule has 0 saturated carbocycles. The van der Waals surface area contributed by atoms with Crippen molar-refractivity contribution in [2.45, 2.75) is 30.5 Å². The average Bonchev–Trinajstić information content (AvgIpc) is 3.28. The number of aryl methyl sites for hydroxylation is 1. The van der Waals surface area contributed by atoms with E-state index in [2.05, 4.69) is 25.6 Å². The first kappa shape index (κ1) is 18.3. The zero-order valence-electron chi connectivity index (χ0n) is 14.4. The van der Waals surface area contributed by atoms with E-state index < -0.39 is 0 Å². The summed E-state index contributed by atoms with van der Waals surface area (Å²) in [6.07, 6.45) is 3.42. The number of nitrogens with zero attached hydrogens (tertiary/aromatic N) is 5. The number of amides is 1. The Bertz CT molecular complexity index is 865. The second-order valence-electron chi connectivity index (χ2n) is 5.07. The molecule has 0 aliphatic carbocycles. The van der Waals surface area contributed by atoms with E-state index >= 15 is 0 Å². The third-order valence-electron chi connectivity index (χ3n) is 3.27. The monoisotopic (exact) mass is 390 g/mol. The summed E-state index contributed by atoms with van der Waals surface area (Å²) in [6, 6.07) is 5.78.